The lowest BCUT2D eigenvalue weighted by Gasteiger charge is -2.17. The van der Waals surface area contributed by atoms with Crippen LogP contribution in [0.2, 0.25) is 0 Å². The highest BCUT2D eigenvalue weighted by molar-refractivity contribution is 8.00. The van der Waals surface area contributed by atoms with Crippen molar-refractivity contribution in [3.63, 3.8) is 0 Å². The van der Waals surface area contributed by atoms with Gasteiger partial charge < -0.3 is 14.8 Å². The smallest absolute Gasteiger partial charge is 0.230 e. The number of ether oxygens (including phenoxy) is 2. The summed E-state index contributed by atoms with van der Waals surface area (Å²) in [7, 11) is 0. The van der Waals surface area contributed by atoms with E-state index in [1.807, 2.05) is 39.0 Å². The molecule has 0 aliphatic rings. The SMILES string of the molecule is CCOc1ccc([C@H](C)NC(=O)CSc2ccc(F)cc2)cc1OCC. The van der Waals surface area contributed by atoms with Crippen molar-refractivity contribution in [3.8, 4) is 11.5 Å². The normalized spacial score (nSPS) is 11.7. The lowest BCUT2D eigenvalue weighted by atomic mass is 10.1. The molecule has 0 saturated carbocycles. The molecule has 4 nitrogen and oxygen atoms in total. The zero-order valence-corrected chi connectivity index (χ0v) is 16.1. The fourth-order valence-electron chi connectivity index (χ4n) is 2.38. The first-order valence-corrected chi connectivity index (χ1v) is 9.59. The fraction of sp³-hybridized carbons (Fsp3) is 0.350. The summed E-state index contributed by atoms with van der Waals surface area (Å²) in [5.74, 6) is 1.27. The Bertz CT molecular complexity index is 721. The first-order chi connectivity index (χ1) is 12.5. The summed E-state index contributed by atoms with van der Waals surface area (Å²) < 4.78 is 24.1. The minimum atomic E-state index is -0.284. The lowest BCUT2D eigenvalue weighted by Crippen LogP contribution is -2.28. The van der Waals surface area contributed by atoms with Crippen LogP contribution < -0.4 is 14.8 Å². The largest absolute Gasteiger partial charge is 0.490 e. The van der Waals surface area contributed by atoms with E-state index in [-0.39, 0.29) is 23.5 Å². The van der Waals surface area contributed by atoms with Crippen molar-refractivity contribution in [1.82, 2.24) is 5.32 Å². The maximum Gasteiger partial charge on any atom is 0.230 e. The van der Waals surface area contributed by atoms with Gasteiger partial charge in [-0.05, 0) is 62.7 Å². The summed E-state index contributed by atoms with van der Waals surface area (Å²) in [6.07, 6.45) is 0. The molecule has 2 aromatic rings. The van der Waals surface area contributed by atoms with Crippen LogP contribution in [-0.2, 0) is 4.79 Å². The van der Waals surface area contributed by atoms with Gasteiger partial charge in [-0.3, -0.25) is 4.79 Å². The van der Waals surface area contributed by atoms with Crippen molar-refractivity contribution in [2.75, 3.05) is 19.0 Å². The van der Waals surface area contributed by atoms with Crippen LogP contribution in [0.3, 0.4) is 0 Å². The molecule has 1 atom stereocenters. The predicted octanol–water partition coefficient (Wildman–Crippen LogP) is 4.59. The van der Waals surface area contributed by atoms with Crippen molar-refractivity contribution in [3.05, 3.63) is 53.8 Å². The quantitative estimate of drug-likeness (QED) is 0.649. The van der Waals surface area contributed by atoms with Crippen LogP contribution in [0.1, 0.15) is 32.4 Å². The van der Waals surface area contributed by atoms with Crippen molar-refractivity contribution < 1.29 is 18.7 Å². The summed E-state index contributed by atoms with van der Waals surface area (Å²) in [4.78, 5) is 13.0. The van der Waals surface area contributed by atoms with E-state index in [4.69, 9.17) is 9.47 Å². The Hall–Kier alpha value is -2.21. The minimum Gasteiger partial charge on any atom is -0.490 e. The number of hydrogen-bond acceptors (Lipinski definition) is 4. The number of benzene rings is 2. The van der Waals surface area contributed by atoms with Gasteiger partial charge in [0, 0.05) is 4.90 Å². The summed E-state index contributed by atoms with van der Waals surface area (Å²) >= 11 is 1.37. The first kappa shape index (κ1) is 20.1. The van der Waals surface area contributed by atoms with Gasteiger partial charge in [0.15, 0.2) is 11.5 Å². The fourth-order valence-corrected chi connectivity index (χ4v) is 3.09. The van der Waals surface area contributed by atoms with E-state index in [1.165, 1.54) is 23.9 Å². The van der Waals surface area contributed by atoms with Gasteiger partial charge in [-0.1, -0.05) is 6.07 Å². The van der Waals surface area contributed by atoms with E-state index in [0.717, 1.165) is 10.5 Å². The van der Waals surface area contributed by atoms with E-state index in [2.05, 4.69) is 5.32 Å². The molecule has 0 aliphatic carbocycles. The molecule has 0 heterocycles. The Morgan fingerprint density at radius 1 is 1.08 bits per heavy atom. The summed E-state index contributed by atoms with van der Waals surface area (Å²) in [6.45, 7) is 6.86. The second-order valence-electron chi connectivity index (χ2n) is 5.60. The third-order valence-electron chi connectivity index (χ3n) is 3.63. The highest BCUT2D eigenvalue weighted by Crippen LogP contribution is 2.30. The molecular formula is C20H24FNO3S. The van der Waals surface area contributed by atoms with Gasteiger partial charge in [0.25, 0.3) is 0 Å². The van der Waals surface area contributed by atoms with Gasteiger partial charge in [0.05, 0.1) is 25.0 Å². The minimum absolute atomic E-state index is 0.0846. The van der Waals surface area contributed by atoms with E-state index in [9.17, 15) is 9.18 Å². The first-order valence-electron chi connectivity index (χ1n) is 8.60. The molecule has 0 aliphatic heterocycles. The van der Waals surface area contributed by atoms with Crippen LogP contribution >= 0.6 is 11.8 Å². The third kappa shape index (κ3) is 5.95. The molecule has 1 amide bonds. The van der Waals surface area contributed by atoms with Gasteiger partial charge in [-0.15, -0.1) is 11.8 Å². The Morgan fingerprint density at radius 2 is 1.73 bits per heavy atom. The molecule has 0 aromatic heterocycles. The van der Waals surface area contributed by atoms with Crippen LogP contribution in [-0.4, -0.2) is 24.9 Å². The molecule has 26 heavy (non-hydrogen) atoms. The van der Waals surface area contributed by atoms with Gasteiger partial charge >= 0.3 is 0 Å². The molecule has 0 radical (unpaired) electrons. The number of thioether (sulfide) groups is 1. The van der Waals surface area contributed by atoms with Crippen LogP contribution in [0.4, 0.5) is 4.39 Å². The third-order valence-corrected chi connectivity index (χ3v) is 4.64. The number of hydrogen-bond donors (Lipinski definition) is 1. The van der Waals surface area contributed by atoms with Gasteiger partial charge in [-0.2, -0.15) is 0 Å². The maximum atomic E-state index is 12.9. The maximum absolute atomic E-state index is 12.9. The average molecular weight is 377 g/mol. The Balaban J connectivity index is 1.95. The van der Waals surface area contributed by atoms with Crippen LogP contribution in [0, 0.1) is 5.82 Å². The number of halogens is 1. The number of amides is 1. The molecule has 0 fully saturated rings. The monoisotopic (exact) mass is 377 g/mol. The van der Waals surface area contributed by atoms with E-state index in [1.54, 1.807) is 12.1 Å². The van der Waals surface area contributed by atoms with E-state index in [0.29, 0.717) is 24.7 Å². The zero-order valence-electron chi connectivity index (χ0n) is 15.3. The molecule has 2 aromatic carbocycles. The van der Waals surface area contributed by atoms with Crippen molar-refractivity contribution in [2.45, 2.75) is 31.7 Å². The van der Waals surface area contributed by atoms with Gasteiger partial charge in [0.1, 0.15) is 5.82 Å². The Morgan fingerprint density at radius 3 is 2.38 bits per heavy atom. The summed E-state index contributed by atoms with van der Waals surface area (Å²) in [5.41, 5.74) is 0.942. The zero-order chi connectivity index (χ0) is 18.9. The molecule has 1 N–H and O–H groups in total. The second kappa shape index (κ2) is 10.1. The van der Waals surface area contributed by atoms with Gasteiger partial charge in [-0.25, -0.2) is 4.39 Å². The molecule has 0 saturated heterocycles. The van der Waals surface area contributed by atoms with Crippen LogP contribution in [0.15, 0.2) is 47.4 Å². The molecule has 2 rings (SSSR count). The van der Waals surface area contributed by atoms with Gasteiger partial charge in [0.2, 0.25) is 5.91 Å². The topological polar surface area (TPSA) is 47.6 Å². The summed E-state index contributed by atoms with van der Waals surface area (Å²) in [5, 5.41) is 2.97. The lowest BCUT2D eigenvalue weighted by molar-refractivity contribution is -0.119. The van der Waals surface area contributed by atoms with E-state index < -0.39 is 0 Å². The second-order valence-corrected chi connectivity index (χ2v) is 6.65. The molecule has 6 heteroatoms. The Labute approximate surface area is 158 Å². The number of carbonyl (C=O) groups is 1. The van der Waals surface area contributed by atoms with Crippen LogP contribution in [0.25, 0.3) is 0 Å². The summed E-state index contributed by atoms with van der Waals surface area (Å²) in [6, 6.07) is 11.6. The predicted molar refractivity (Wildman–Crippen MR) is 102 cm³/mol. The Kier molecular flexibility index (Phi) is 7.78. The van der Waals surface area contributed by atoms with E-state index >= 15 is 0 Å². The average Bonchev–Trinajstić information content (AvgIpc) is 2.63. The van der Waals surface area contributed by atoms with Crippen molar-refractivity contribution in [2.24, 2.45) is 0 Å². The van der Waals surface area contributed by atoms with Crippen molar-refractivity contribution in [1.29, 1.82) is 0 Å². The molecule has 0 unspecified atom stereocenters. The number of carbonyl (C=O) groups excluding carboxylic acids is 1. The van der Waals surface area contributed by atoms with Crippen LogP contribution in [0.5, 0.6) is 11.5 Å². The molecule has 0 bridgehead atoms. The highest BCUT2D eigenvalue weighted by atomic mass is 32.2. The number of nitrogens with one attached hydrogen (secondary N) is 1. The van der Waals surface area contributed by atoms with Crippen molar-refractivity contribution >= 4 is 17.7 Å². The highest BCUT2D eigenvalue weighted by Gasteiger charge is 2.13. The number of rotatable bonds is 9. The molecule has 140 valence electrons. The molecule has 0 spiro atoms. The molecular weight excluding hydrogens is 353 g/mol. The standard InChI is InChI=1S/C20H24FNO3S/c1-4-24-18-11-6-15(12-19(18)25-5-2)14(3)22-20(23)13-26-17-9-7-16(21)8-10-17/h6-12,14H,4-5,13H2,1-3H3,(H,22,23)/t14-/m0/s1.